The molecule has 0 bridgehead atoms. The van der Waals surface area contributed by atoms with Gasteiger partial charge in [-0.1, -0.05) is 11.6 Å². The zero-order chi connectivity index (χ0) is 14.5. The first-order valence-electron chi connectivity index (χ1n) is 7.41. The molecule has 0 saturated carbocycles. The minimum atomic E-state index is -0.0363. The van der Waals surface area contributed by atoms with Crippen molar-refractivity contribution in [1.29, 1.82) is 0 Å². The number of benzene rings is 1. The van der Waals surface area contributed by atoms with Crippen LogP contribution in [0.2, 0.25) is 0 Å². The Morgan fingerprint density at radius 1 is 1.25 bits per heavy atom. The Morgan fingerprint density at radius 2 is 2.00 bits per heavy atom. The summed E-state index contributed by atoms with van der Waals surface area (Å²) in [5.41, 5.74) is 11.5. The van der Waals surface area contributed by atoms with E-state index in [0.717, 1.165) is 12.0 Å². The highest BCUT2D eigenvalue weighted by Gasteiger charge is 2.15. The van der Waals surface area contributed by atoms with Gasteiger partial charge in [-0.2, -0.15) is 0 Å². The molecule has 1 aromatic rings. The van der Waals surface area contributed by atoms with E-state index in [1.807, 2.05) is 18.2 Å². The number of nitrogens with one attached hydrogen (secondary N) is 1. The summed E-state index contributed by atoms with van der Waals surface area (Å²) in [6, 6.07) is 5.97. The fraction of sp³-hybridized carbons (Fsp3) is 0.471. The van der Waals surface area contributed by atoms with Gasteiger partial charge in [0.1, 0.15) is 0 Å². The van der Waals surface area contributed by atoms with E-state index in [-0.39, 0.29) is 5.91 Å². The van der Waals surface area contributed by atoms with Crippen molar-refractivity contribution in [2.75, 3.05) is 13.1 Å². The zero-order valence-electron chi connectivity index (χ0n) is 12.5. The molecule has 3 heteroatoms. The molecule has 0 radical (unpaired) electrons. The predicted octanol–water partition coefficient (Wildman–Crippen LogP) is 3.03. The second kappa shape index (κ2) is 6.71. The molecule has 1 amide bonds. The average Bonchev–Trinajstić information content (AvgIpc) is 2.46. The number of rotatable bonds is 4. The minimum Gasteiger partial charge on any atom is -0.351 e. The summed E-state index contributed by atoms with van der Waals surface area (Å²) in [6.45, 7) is 5.32. The smallest absolute Gasteiger partial charge is 0.251 e. The molecular formula is C17H24N2O. The van der Waals surface area contributed by atoms with Crippen LogP contribution < -0.4 is 11.1 Å². The summed E-state index contributed by atoms with van der Waals surface area (Å²) in [7, 11) is 0. The number of hydrogen-bond donors (Lipinski definition) is 2. The molecule has 0 atom stereocenters. The van der Waals surface area contributed by atoms with Crippen molar-refractivity contribution in [2.45, 2.75) is 39.5 Å². The summed E-state index contributed by atoms with van der Waals surface area (Å²) in [6.07, 6.45) is 4.83. The van der Waals surface area contributed by atoms with E-state index < -0.39 is 0 Å². The molecule has 0 spiro atoms. The first kappa shape index (κ1) is 14.8. The Labute approximate surface area is 121 Å². The van der Waals surface area contributed by atoms with Crippen molar-refractivity contribution in [3.05, 3.63) is 40.5 Å². The maximum Gasteiger partial charge on any atom is 0.251 e. The third-order valence-corrected chi connectivity index (χ3v) is 4.00. The highest BCUT2D eigenvalue weighted by atomic mass is 16.1. The molecule has 0 saturated heterocycles. The summed E-state index contributed by atoms with van der Waals surface area (Å²) in [4.78, 5) is 12.0. The topological polar surface area (TPSA) is 55.1 Å². The normalized spacial score (nSPS) is 15.3. The lowest BCUT2D eigenvalue weighted by Crippen LogP contribution is -2.29. The van der Waals surface area contributed by atoms with E-state index in [2.05, 4.69) is 19.2 Å². The number of allylic oxidation sites excluding steroid dienone is 2. The zero-order valence-corrected chi connectivity index (χ0v) is 12.5. The molecule has 0 aromatic heterocycles. The molecule has 0 aliphatic heterocycles. The quantitative estimate of drug-likeness (QED) is 0.885. The second-order valence-electron chi connectivity index (χ2n) is 5.54. The van der Waals surface area contributed by atoms with Crippen LogP contribution in [0, 0.1) is 6.92 Å². The van der Waals surface area contributed by atoms with E-state index in [4.69, 9.17) is 5.73 Å². The van der Waals surface area contributed by atoms with Crippen molar-refractivity contribution < 1.29 is 4.79 Å². The predicted molar refractivity (Wildman–Crippen MR) is 83.6 cm³/mol. The van der Waals surface area contributed by atoms with Gasteiger partial charge in [0.15, 0.2) is 0 Å². The SMILES string of the molecule is CC1=C(c2cc(C(=O)NCCN)ccc2C)CCCC1. The average molecular weight is 272 g/mol. The Hall–Kier alpha value is -1.61. The first-order valence-corrected chi connectivity index (χ1v) is 7.41. The van der Waals surface area contributed by atoms with E-state index in [0.29, 0.717) is 13.1 Å². The van der Waals surface area contributed by atoms with Gasteiger partial charge in [0.25, 0.3) is 5.91 Å². The number of carbonyl (C=O) groups is 1. The molecule has 1 aliphatic carbocycles. The Kier molecular flexibility index (Phi) is 4.96. The lowest BCUT2D eigenvalue weighted by atomic mass is 9.85. The van der Waals surface area contributed by atoms with Gasteiger partial charge in [0.2, 0.25) is 0 Å². The molecule has 3 N–H and O–H groups in total. The number of nitrogens with two attached hydrogens (primary N) is 1. The highest BCUT2D eigenvalue weighted by molar-refractivity contribution is 5.95. The van der Waals surface area contributed by atoms with Crippen molar-refractivity contribution >= 4 is 11.5 Å². The van der Waals surface area contributed by atoms with Crippen LogP contribution in [0.1, 0.15) is 54.1 Å². The number of carbonyl (C=O) groups excluding carboxylic acids is 1. The van der Waals surface area contributed by atoms with Crippen LogP contribution in [-0.2, 0) is 0 Å². The molecule has 0 unspecified atom stereocenters. The van der Waals surface area contributed by atoms with Crippen LogP contribution in [0.5, 0.6) is 0 Å². The highest BCUT2D eigenvalue weighted by Crippen LogP contribution is 2.33. The number of aryl methyl sites for hydroxylation is 1. The summed E-state index contributed by atoms with van der Waals surface area (Å²) in [5.74, 6) is -0.0363. The monoisotopic (exact) mass is 272 g/mol. The Balaban J connectivity index is 2.32. The van der Waals surface area contributed by atoms with Crippen LogP contribution in [0.25, 0.3) is 5.57 Å². The Morgan fingerprint density at radius 3 is 2.70 bits per heavy atom. The Bertz CT molecular complexity index is 532. The van der Waals surface area contributed by atoms with E-state index in [1.165, 1.54) is 41.5 Å². The molecule has 2 rings (SSSR count). The molecule has 0 fully saturated rings. The van der Waals surface area contributed by atoms with Gasteiger partial charge in [-0.25, -0.2) is 0 Å². The largest absolute Gasteiger partial charge is 0.351 e. The third kappa shape index (κ3) is 3.28. The van der Waals surface area contributed by atoms with Crippen molar-refractivity contribution in [3.63, 3.8) is 0 Å². The molecule has 108 valence electrons. The van der Waals surface area contributed by atoms with Crippen LogP contribution in [-0.4, -0.2) is 19.0 Å². The van der Waals surface area contributed by atoms with Gasteiger partial charge >= 0.3 is 0 Å². The molecule has 1 aliphatic rings. The van der Waals surface area contributed by atoms with E-state index in [1.54, 1.807) is 0 Å². The summed E-state index contributed by atoms with van der Waals surface area (Å²) >= 11 is 0. The van der Waals surface area contributed by atoms with E-state index in [9.17, 15) is 4.79 Å². The van der Waals surface area contributed by atoms with Gasteiger partial charge in [0.05, 0.1) is 0 Å². The standard InChI is InChI=1S/C17H24N2O/c1-12-5-3-4-6-15(12)16-11-14(8-7-13(16)2)17(20)19-10-9-18/h7-8,11H,3-6,9-10,18H2,1-2H3,(H,19,20). The minimum absolute atomic E-state index is 0.0363. The second-order valence-corrected chi connectivity index (χ2v) is 5.54. The van der Waals surface area contributed by atoms with Crippen LogP contribution in [0.4, 0.5) is 0 Å². The maximum atomic E-state index is 12.0. The lowest BCUT2D eigenvalue weighted by Gasteiger charge is -2.20. The third-order valence-electron chi connectivity index (χ3n) is 4.00. The fourth-order valence-corrected chi connectivity index (χ4v) is 2.80. The molecule has 3 nitrogen and oxygen atoms in total. The number of amides is 1. The lowest BCUT2D eigenvalue weighted by molar-refractivity contribution is 0.0954. The molecule has 1 aromatic carbocycles. The molecule has 20 heavy (non-hydrogen) atoms. The van der Waals surface area contributed by atoms with Crippen LogP contribution in [0.3, 0.4) is 0 Å². The van der Waals surface area contributed by atoms with E-state index >= 15 is 0 Å². The summed E-state index contributed by atoms with van der Waals surface area (Å²) < 4.78 is 0. The maximum absolute atomic E-state index is 12.0. The molecule has 0 heterocycles. The van der Waals surface area contributed by atoms with Gasteiger partial charge in [-0.15, -0.1) is 0 Å². The van der Waals surface area contributed by atoms with Gasteiger partial charge in [-0.05, 0) is 68.4 Å². The fourth-order valence-electron chi connectivity index (χ4n) is 2.80. The summed E-state index contributed by atoms with van der Waals surface area (Å²) in [5, 5.41) is 2.83. The van der Waals surface area contributed by atoms with Crippen LogP contribution in [0.15, 0.2) is 23.8 Å². The van der Waals surface area contributed by atoms with Crippen molar-refractivity contribution in [2.24, 2.45) is 5.73 Å². The molecular weight excluding hydrogens is 248 g/mol. The first-order chi connectivity index (χ1) is 9.63. The van der Waals surface area contributed by atoms with Gasteiger partial charge < -0.3 is 11.1 Å². The van der Waals surface area contributed by atoms with Gasteiger partial charge in [-0.3, -0.25) is 4.79 Å². The van der Waals surface area contributed by atoms with Crippen molar-refractivity contribution in [1.82, 2.24) is 5.32 Å². The van der Waals surface area contributed by atoms with Crippen LogP contribution >= 0.6 is 0 Å². The van der Waals surface area contributed by atoms with Crippen molar-refractivity contribution in [3.8, 4) is 0 Å². The number of hydrogen-bond acceptors (Lipinski definition) is 2. The van der Waals surface area contributed by atoms with Gasteiger partial charge in [0, 0.05) is 18.7 Å².